The Bertz CT molecular complexity index is 361. The third-order valence-corrected chi connectivity index (χ3v) is 4.87. The van der Waals surface area contributed by atoms with Gasteiger partial charge < -0.3 is 9.47 Å². The van der Waals surface area contributed by atoms with Crippen molar-refractivity contribution in [2.75, 3.05) is 33.9 Å². The molecule has 1 N–H and O–H groups in total. The van der Waals surface area contributed by atoms with Crippen LogP contribution in [0.4, 0.5) is 0 Å². The molecule has 1 saturated carbocycles. The summed E-state index contributed by atoms with van der Waals surface area (Å²) >= 11 is 0. The molecule has 3 unspecified atom stereocenters. The minimum absolute atomic E-state index is 0.105. The van der Waals surface area contributed by atoms with Crippen LogP contribution in [0.2, 0.25) is 0 Å². The number of hydrogen-bond acceptors (Lipinski definition) is 5. The van der Waals surface area contributed by atoms with Crippen LogP contribution in [0.25, 0.3) is 0 Å². The molecule has 1 heterocycles. The van der Waals surface area contributed by atoms with Crippen LogP contribution in [0.5, 0.6) is 0 Å². The smallest absolute Gasteiger partial charge is 0.326 e. The molecule has 2 rings (SSSR count). The second-order valence-electron chi connectivity index (χ2n) is 6.87. The predicted octanol–water partition coefficient (Wildman–Crippen LogP) is 1.42. The summed E-state index contributed by atoms with van der Waals surface area (Å²) in [5, 5.41) is 3.47. The fourth-order valence-electron chi connectivity index (χ4n) is 4.02. The summed E-state index contributed by atoms with van der Waals surface area (Å²) < 4.78 is 10.3. The normalized spacial score (nSPS) is 33.8. The fraction of sp³-hybridized carbons (Fsp3) is 0.938. The maximum atomic E-state index is 12.3. The van der Waals surface area contributed by atoms with Crippen molar-refractivity contribution in [3.05, 3.63) is 0 Å². The zero-order valence-corrected chi connectivity index (χ0v) is 13.9. The molecule has 1 aliphatic heterocycles. The average Bonchev–Trinajstić information content (AvgIpc) is 3.05. The number of nitrogens with zero attached hydrogens (tertiary/aromatic N) is 1. The van der Waals surface area contributed by atoms with E-state index in [1.165, 1.54) is 13.5 Å². The van der Waals surface area contributed by atoms with Crippen molar-refractivity contribution in [1.29, 1.82) is 0 Å². The minimum Gasteiger partial charge on any atom is -0.468 e. The van der Waals surface area contributed by atoms with E-state index in [-0.39, 0.29) is 12.0 Å². The van der Waals surface area contributed by atoms with Crippen molar-refractivity contribution < 1.29 is 14.3 Å². The van der Waals surface area contributed by atoms with Crippen molar-refractivity contribution in [2.24, 2.45) is 5.92 Å². The van der Waals surface area contributed by atoms with Crippen LogP contribution < -0.4 is 5.32 Å². The highest BCUT2D eigenvalue weighted by atomic mass is 16.5. The van der Waals surface area contributed by atoms with Gasteiger partial charge in [0.15, 0.2) is 0 Å². The van der Waals surface area contributed by atoms with Gasteiger partial charge in [-0.15, -0.1) is 0 Å². The van der Waals surface area contributed by atoms with E-state index >= 15 is 0 Å². The summed E-state index contributed by atoms with van der Waals surface area (Å²) in [6.45, 7) is 7.23. The van der Waals surface area contributed by atoms with Gasteiger partial charge in [-0.2, -0.15) is 0 Å². The molecule has 0 bridgehead atoms. The summed E-state index contributed by atoms with van der Waals surface area (Å²) in [7, 11) is 3.26. The molecule has 1 saturated heterocycles. The summed E-state index contributed by atoms with van der Waals surface area (Å²) in [6, 6.07) is 0.764. The first-order valence-electron chi connectivity index (χ1n) is 8.10. The molecule has 0 radical (unpaired) electrons. The topological polar surface area (TPSA) is 50.8 Å². The molecule has 5 heteroatoms. The van der Waals surface area contributed by atoms with E-state index in [1.54, 1.807) is 7.11 Å². The maximum absolute atomic E-state index is 12.3. The number of carbonyl (C=O) groups excluding carboxylic acids is 1. The lowest BCUT2D eigenvalue weighted by atomic mass is 9.96. The molecule has 3 atom stereocenters. The number of methoxy groups -OCH3 is 2. The number of likely N-dealkylation sites (tertiary alicyclic amines) is 1. The molecule has 1 aliphatic carbocycles. The van der Waals surface area contributed by atoms with Crippen LogP contribution >= 0.6 is 0 Å². The van der Waals surface area contributed by atoms with Crippen molar-refractivity contribution in [1.82, 2.24) is 10.2 Å². The Kier molecular flexibility index (Phi) is 5.63. The molecule has 0 aromatic rings. The van der Waals surface area contributed by atoms with E-state index in [9.17, 15) is 4.79 Å². The van der Waals surface area contributed by atoms with E-state index in [1.807, 2.05) is 0 Å². The third-order valence-electron chi connectivity index (χ3n) is 4.87. The number of ether oxygens (including phenoxy) is 2. The molecule has 21 heavy (non-hydrogen) atoms. The van der Waals surface area contributed by atoms with Crippen LogP contribution in [0.1, 0.15) is 39.5 Å². The summed E-state index contributed by atoms with van der Waals surface area (Å²) in [5.41, 5.74) is -0.493. The van der Waals surface area contributed by atoms with Crippen LogP contribution in [0.3, 0.4) is 0 Å². The zero-order valence-electron chi connectivity index (χ0n) is 13.9. The number of carbonyl (C=O) groups is 1. The quantitative estimate of drug-likeness (QED) is 0.752. The number of hydrogen-bond donors (Lipinski definition) is 1. The highest BCUT2D eigenvalue weighted by Crippen LogP contribution is 2.36. The first-order valence-corrected chi connectivity index (χ1v) is 8.10. The summed E-state index contributed by atoms with van der Waals surface area (Å²) in [5.74, 6) is 0.535. The van der Waals surface area contributed by atoms with Crippen LogP contribution in [-0.4, -0.2) is 62.4 Å². The van der Waals surface area contributed by atoms with E-state index in [4.69, 9.17) is 9.47 Å². The first kappa shape index (κ1) is 16.7. The molecular formula is C16H30N2O3. The molecule has 0 aromatic heterocycles. The van der Waals surface area contributed by atoms with E-state index in [0.717, 1.165) is 39.0 Å². The highest BCUT2D eigenvalue weighted by Gasteiger charge is 2.48. The molecule has 122 valence electrons. The van der Waals surface area contributed by atoms with Gasteiger partial charge in [0, 0.05) is 25.7 Å². The Hall–Kier alpha value is -0.650. The van der Waals surface area contributed by atoms with Crippen molar-refractivity contribution >= 4 is 5.97 Å². The second-order valence-corrected chi connectivity index (χ2v) is 6.87. The Balaban J connectivity index is 1.98. The Labute approximate surface area is 128 Å². The molecule has 2 aliphatic rings. The highest BCUT2D eigenvalue weighted by molar-refractivity contribution is 5.81. The summed E-state index contributed by atoms with van der Waals surface area (Å²) in [4.78, 5) is 14.8. The largest absolute Gasteiger partial charge is 0.468 e. The standard InChI is InChI=1S/C16H30N2O3/c1-12(2)17-16(15(19)21-4)7-5-14(9-16)18-8-6-13(10-18)11-20-3/h12-14,17H,5-11H2,1-4H3. The van der Waals surface area contributed by atoms with E-state index in [0.29, 0.717) is 12.0 Å². The van der Waals surface area contributed by atoms with Gasteiger partial charge in [-0.1, -0.05) is 0 Å². The Morgan fingerprint density at radius 2 is 2.14 bits per heavy atom. The summed E-state index contributed by atoms with van der Waals surface area (Å²) in [6.07, 6.45) is 3.99. The molecule has 0 aromatic carbocycles. The van der Waals surface area contributed by atoms with Crippen molar-refractivity contribution in [3.63, 3.8) is 0 Å². The second kappa shape index (κ2) is 7.07. The van der Waals surface area contributed by atoms with Crippen LogP contribution in [-0.2, 0) is 14.3 Å². The van der Waals surface area contributed by atoms with Gasteiger partial charge in [-0.25, -0.2) is 0 Å². The Morgan fingerprint density at radius 3 is 2.76 bits per heavy atom. The van der Waals surface area contributed by atoms with Crippen molar-refractivity contribution in [3.8, 4) is 0 Å². The number of esters is 1. The molecule has 5 nitrogen and oxygen atoms in total. The molecular weight excluding hydrogens is 268 g/mol. The third kappa shape index (κ3) is 3.76. The maximum Gasteiger partial charge on any atom is 0.326 e. The fourth-order valence-corrected chi connectivity index (χ4v) is 4.02. The van der Waals surface area contributed by atoms with Gasteiger partial charge in [0.1, 0.15) is 5.54 Å². The van der Waals surface area contributed by atoms with Crippen LogP contribution in [0.15, 0.2) is 0 Å². The van der Waals surface area contributed by atoms with Gasteiger partial charge in [0.25, 0.3) is 0 Å². The Morgan fingerprint density at radius 1 is 1.38 bits per heavy atom. The zero-order chi connectivity index (χ0) is 15.5. The minimum atomic E-state index is -0.493. The first-order chi connectivity index (χ1) is 10.0. The molecule has 0 amide bonds. The molecule has 2 fully saturated rings. The lowest BCUT2D eigenvalue weighted by molar-refractivity contribution is -0.149. The van der Waals surface area contributed by atoms with Gasteiger partial charge in [0.2, 0.25) is 0 Å². The number of nitrogens with one attached hydrogen (secondary N) is 1. The monoisotopic (exact) mass is 298 g/mol. The predicted molar refractivity (Wildman–Crippen MR) is 82.2 cm³/mol. The average molecular weight is 298 g/mol. The lowest BCUT2D eigenvalue weighted by Gasteiger charge is -2.31. The number of rotatable bonds is 6. The van der Waals surface area contributed by atoms with Gasteiger partial charge in [-0.05, 0) is 52.0 Å². The van der Waals surface area contributed by atoms with Gasteiger partial charge in [0.05, 0.1) is 13.7 Å². The van der Waals surface area contributed by atoms with E-state index < -0.39 is 5.54 Å². The van der Waals surface area contributed by atoms with E-state index in [2.05, 4.69) is 24.1 Å². The van der Waals surface area contributed by atoms with Gasteiger partial charge in [-0.3, -0.25) is 15.0 Å². The van der Waals surface area contributed by atoms with Crippen LogP contribution in [0, 0.1) is 5.92 Å². The SMILES string of the molecule is COCC1CCN(C2CCC(NC(C)C)(C(=O)OC)C2)C1. The van der Waals surface area contributed by atoms with Gasteiger partial charge >= 0.3 is 5.97 Å². The molecule has 0 spiro atoms. The van der Waals surface area contributed by atoms with Crippen molar-refractivity contribution in [2.45, 2.75) is 57.2 Å². The lowest BCUT2D eigenvalue weighted by Crippen LogP contribution is -2.54.